The molecule has 6 heteroatoms. The summed E-state index contributed by atoms with van der Waals surface area (Å²) in [5, 5.41) is 17.7. The minimum Gasteiger partial charge on any atom is -0.396 e. The Bertz CT molecular complexity index is 595. The number of nitrogens with zero attached hydrogens (tertiary/aromatic N) is 1. The van der Waals surface area contributed by atoms with Gasteiger partial charge < -0.3 is 5.11 Å². The molecular weight excluding hydrogens is 288 g/mol. The molecule has 0 aromatic heterocycles. The number of benzene rings is 1. The van der Waals surface area contributed by atoms with Crippen molar-refractivity contribution in [1.29, 1.82) is 5.26 Å². The number of nitriles is 1. The van der Waals surface area contributed by atoms with Crippen LogP contribution in [0.25, 0.3) is 0 Å². The molecule has 21 heavy (non-hydrogen) atoms. The van der Waals surface area contributed by atoms with Crippen LogP contribution in [0.2, 0.25) is 0 Å². The molecule has 2 N–H and O–H groups in total. The van der Waals surface area contributed by atoms with Crippen LogP contribution in [-0.2, 0) is 16.4 Å². The molecule has 5 nitrogen and oxygen atoms in total. The average molecular weight is 310 g/mol. The highest BCUT2D eigenvalue weighted by molar-refractivity contribution is 7.89. The van der Waals surface area contributed by atoms with Crippen LogP contribution in [0.5, 0.6) is 0 Å². The maximum atomic E-state index is 12.4. The van der Waals surface area contributed by atoms with Crippen molar-refractivity contribution in [2.24, 2.45) is 5.41 Å². The van der Waals surface area contributed by atoms with Crippen LogP contribution in [0.15, 0.2) is 29.2 Å². The number of rotatable bonds is 6. The second kappa shape index (κ2) is 7.03. The summed E-state index contributed by atoms with van der Waals surface area (Å²) >= 11 is 0. The minimum atomic E-state index is -3.64. The second-order valence-electron chi connectivity index (χ2n) is 6.03. The standard InChI is InChI=1S/C15H22N2O3S/c1-15(2,3)14(9-11-18)17-21(19,20)13-6-4-12(5-7-13)8-10-16/h4-7,14,17-18H,8-9,11H2,1-3H3. The highest BCUT2D eigenvalue weighted by Crippen LogP contribution is 2.23. The molecule has 0 aliphatic heterocycles. The smallest absolute Gasteiger partial charge is 0.240 e. The van der Waals surface area contributed by atoms with E-state index in [1.165, 1.54) is 12.1 Å². The van der Waals surface area contributed by atoms with Gasteiger partial charge in [0.15, 0.2) is 0 Å². The zero-order valence-electron chi connectivity index (χ0n) is 12.6. The predicted octanol–water partition coefficient (Wildman–Crippen LogP) is 1.83. The van der Waals surface area contributed by atoms with Gasteiger partial charge in [0.05, 0.1) is 17.4 Å². The molecule has 0 heterocycles. The first-order valence-electron chi connectivity index (χ1n) is 6.80. The van der Waals surface area contributed by atoms with Crippen molar-refractivity contribution < 1.29 is 13.5 Å². The van der Waals surface area contributed by atoms with Gasteiger partial charge in [0.2, 0.25) is 10.0 Å². The van der Waals surface area contributed by atoms with Crippen molar-refractivity contribution >= 4 is 10.0 Å². The van der Waals surface area contributed by atoms with Crippen molar-refractivity contribution in [2.45, 2.75) is 44.6 Å². The van der Waals surface area contributed by atoms with Crippen LogP contribution >= 0.6 is 0 Å². The number of hydrogen-bond acceptors (Lipinski definition) is 4. The zero-order chi connectivity index (χ0) is 16.1. The molecule has 0 amide bonds. The van der Waals surface area contributed by atoms with Crippen LogP contribution < -0.4 is 4.72 Å². The molecule has 0 aliphatic carbocycles. The molecule has 1 aromatic carbocycles. The number of nitrogens with one attached hydrogen (secondary N) is 1. The maximum Gasteiger partial charge on any atom is 0.240 e. The molecule has 0 radical (unpaired) electrons. The summed E-state index contributed by atoms with van der Waals surface area (Å²) in [6.07, 6.45) is 0.609. The third kappa shape index (κ3) is 5.12. The van der Waals surface area contributed by atoms with Gasteiger partial charge in [-0.05, 0) is 29.5 Å². The molecule has 0 saturated heterocycles. The van der Waals surface area contributed by atoms with Gasteiger partial charge >= 0.3 is 0 Å². The molecule has 1 rings (SSSR count). The van der Waals surface area contributed by atoms with E-state index in [9.17, 15) is 8.42 Å². The number of aliphatic hydroxyl groups is 1. The monoisotopic (exact) mass is 310 g/mol. The van der Waals surface area contributed by atoms with E-state index in [0.29, 0.717) is 6.42 Å². The third-order valence-corrected chi connectivity index (χ3v) is 4.76. The maximum absolute atomic E-state index is 12.4. The molecule has 0 bridgehead atoms. The van der Waals surface area contributed by atoms with E-state index in [1.54, 1.807) is 12.1 Å². The van der Waals surface area contributed by atoms with Gasteiger partial charge in [0.1, 0.15) is 0 Å². The van der Waals surface area contributed by atoms with Crippen LogP contribution in [0, 0.1) is 16.7 Å². The Balaban J connectivity index is 2.97. The van der Waals surface area contributed by atoms with E-state index < -0.39 is 10.0 Å². The van der Waals surface area contributed by atoms with Gasteiger partial charge in [-0.1, -0.05) is 32.9 Å². The minimum absolute atomic E-state index is 0.0778. The lowest BCUT2D eigenvalue weighted by Crippen LogP contribution is -2.44. The largest absolute Gasteiger partial charge is 0.396 e. The van der Waals surface area contributed by atoms with Gasteiger partial charge in [-0.3, -0.25) is 0 Å². The Morgan fingerprint density at radius 1 is 1.29 bits per heavy atom. The molecule has 0 saturated carbocycles. The van der Waals surface area contributed by atoms with Crippen molar-refractivity contribution in [3.8, 4) is 6.07 Å². The summed E-state index contributed by atoms with van der Waals surface area (Å²) in [6.45, 7) is 5.69. The quantitative estimate of drug-likeness (QED) is 0.838. The first-order valence-corrected chi connectivity index (χ1v) is 8.28. The van der Waals surface area contributed by atoms with E-state index in [4.69, 9.17) is 10.4 Å². The van der Waals surface area contributed by atoms with Crippen molar-refractivity contribution in [1.82, 2.24) is 4.72 Å². The molecule has 0 aliphatic rings. The van der Waals surface area contributed by atoms with Gasteiger partial charge in [-0.25, -0.2) is 13.1 Å². The summed E-state index contributed by atoms with van der Waals surface area (Å²) in [7, 11) is -3.64. The zero-order valence-corrected chi connectivity index (χ0v) is 13.4. The number of hydrogen-bond donors (Lipinski definition) is 2. The Kier molecular flexibility index (Phi) is 5.90. The molecule has 0 fully saturated rings. The van der Waals surface area contributed by atoms with Crippen molar-refractivity contribution in [2.75, 3.05) is 6.61 Å². The summed E-state index contributed by atoms with van der Waals surface area (Å²) in [5.74, 6) is 0. The fraction of sp³-hybridized carbons (Fsp3) is 0.533. The summed E-state index contributed by atoms with van der Waals surface area (Å²) in [5.41, 5.74) is 0.482. The second-order valence-corrected chi connectivity index (χ2v) is 7.75. The summed E-state index contributed by atoms with van der Waals surface area (Å²) in [4.78, 5) is 0.163. The lowest BCUT2D eigenvalue weighted by atomic mass is 9.86. The van der Waals surface area contributed by atoms with Crippen molar-refractivity contribution in [3.63, 3.8) is 0 Å². The summed E-state index contributed by atoms with van der Waals surface area (Å²) < 4.78 is 27.4. The SMILES string of the molecule is CC(C)(C)C(CCO)NS(=O)(=O)c1ccc(CC#N)cc1. The van der Waals surface area contributed by atoms with E-state index >= 15 is 0 Å². The van der Waals surface area contributed by atoms with Gasteiger partial charge in [-0.2, -0.15) is 5.26 Å². The van der Waals surface area contributed by atoms with Crippen molar-refractivity contribution in [3.05, 3.63) is 29.8 Å². The highest BCUT2D eigenvalue weighted by Gasteiger charge is 2.29. The van der Waals surface area contributed by atoms with Crippen LogP contribution in [0.3, 0.4) is 0 Å². The first kappa shape index (κ1) is 17.6. The molecule has 1 atom stereocenters. The topological polar surface area (TPSA) is 90.2 Å². The fourth-order valence-electron chi connectivity index (χ4n) is 1.93. The average Bonchev–Trinajstić information content (AvgIpc) is 2.38. The molecule has 1 unspecified atom stereocenters. The summed E-state index contributed by atoms with van der Waals surface area (Å²) in [6, 6.07) is 7.92. The molecule has 1 aromatic rings. The lowest BCUT2D eigenvalue weighted by molar-refractivity contribution is 0.214. The normalized spacial score (nSPS) is 13.7. The fourth-order valence-corrected chi connectivity index (χ4v) is 3.41. The van der Waals surface area contributed by atoms with Gasteiger partial charge in [-0.15, -0.1) is 0 Å². The van der Waals surface area contributed by atoms with E-state index in [2.05, 4.69) is 4.72 Å². The number of aliphatic hydroxyl groups excluding tert-OH is 1. The predicted molar refractivity (Wildman–Crippen MR) is 81.0 cm³/mol. The Labute approximate surface area is 126 Å². The van der Waals surface area contributed by atoms with E-state index in [0.717, 1.165) is 5.56 Å². The van der Waals surface area contributed by atoms with Crippen LogP contribution in [-0.4, -0.2) is 26.2 Å². The van der Waals surface area contributed by atoms with Gasteiger partial charge in [0, 0.05) is 12.6 Å². The van der Waals surface area contributed by atoms with E-state index in [-0.39, 0.29) is 29.4 Å². The molecule has 116 valence electrons. The highest BCUT2D eigenvalue weighted by atomic mass is 32.2. The lowest BCUT2D eigenvalue weighted by Gasteiger charge is -2.30. The Hall–Kier alpha value is -1.42. The Morgan fingerprint density at radius 2 is 1.86 bits per heavy atom. The first-order chi connectivity index (χ1) is 9.70. The van der Waals surface area contributed by atoms with Crippen LogP contribution in [0.4, 0.5) is 0 Å². The van der Waals surface area contributed by atoms with E-state index in [1.807, 2.05) is 26.8 Å². The molecular formula is C15H22N2O3S. The molecule has 0 spiro atoms. The Morgan fingerprint density at radius 3 is 2.29 bits per heavy atom. The van der Waals surface area contributed by atoms with Gasteiger partial charge in [0.25, 0.3) is 0 Å². The number of sulfonamides is 1. The third-order valence-electron chi connectivity index (χ3n) is 3.28. The van der Waals surface area contributed by atoms with Crippen LogP contribution in [0.1, 0.15) is 32.8 Å².